The van der Waals surface area contributed by atoms with Crippen molar-refractivity contribution in [2.45, 2.75) is 12.7 Å². The molecular weight excluding hydrogens is 415 g/mol. The summed E-state index contributed by atoms with van der Waals surface area (Å²) in [5.41, 5.74) is 0.589. The first-order valence-corrected chi connectivity index (χ1v) is 9.50. The lowest BCUT2D eigenvalue weighted by atomic mass is 10.0. The lowest BCUT2D eigenvalue weighted by Crippen LogP contribution is -2.17. The van der Waals surface area contributed by atoms with Gasteiger partial charge in [0.2, 0.25) is 0 Å². The van der Waals surface area contributed by atoms with Crippen LogP contribution < -0.4 is 5.32 Å². The third-order valence-corrected chi connectivity index (χ3v) is 5.43. The number of hydrogen-bond donors (Lipinski definition) is 1. The topological polar surface area (TPSA) is 74.9 Å². The Kier molecular flexibility index (Phi) is 4.87. The zero-order valence-electron chi connectivity index (χ0n) is 15.2. The molecule has 0 radical (unpaired) electrons. The zero-order chi connectivity index (χ0) is 21.5. The van der Waals surface area contributed by atoms with Gasteiger partial charge in [0, 0.05) is 23.6 Å². The first-order valence-electron chi connectivity index (χ1n) is 8.68. The van der Waals surface area contributed by atoms with Crippen LogP contribution in [0.15, 0.2) is 53.6 Å². The van der Waals surface area contributed by atoms with Gasteiger partial charge in [-0.05, 0) is 59.3 Å². The number of alkyl halides is 3. The minimum Gasteiger partial charge on any atom is -0.343 e. The van der Waals surface area contributed by atoms with Crippen molar-refractivity contribution in [2.75, 3.05) is 0 Å². The summed E-state index contributed by atoms with van der Waals surface area (Å²) in [6.45, 7) is -0.0166. The number of nitrogens with one attached hydrogen (secondary N) is 1. The Bertz CT molecular complexity index is 1270. The normalized spacial score (nSPS) is 15.6. The van der Waals surface area contributed by atoms with Gasteiger partial charge in [-0.2, -0.15) is 18.4 Å². The molecule has 0 spiro atoms. The van der Waals surface area contributed by atoms with Crippen molar-refractivity contribution in [3.63, 3.8) is 0 Å². The van der Waals surface area contributed by atoms with Crippen molar-refractivity contribution >= 4 is 39.9 Å². The second kappa shape index (κ2) is 7.39. The quantitative estimate of drug-likeness (QED) is 0.603. The molecule has 0 atom stereocenters. The molecule has 1 saturated heterocycles. The van der Waals surface area contributed by atoms with E-state index in [0.29, 0.717) is 11.1 Å². The monoisotopic (exact) mass is 427 g/mol. The molecule has 2 heterocycles. The number of carbonyl (C=O) groups is 2. The first-order chi connectivity index (χ1) is 14.2. The highest BCUT2D eigenvalue weighted by molar-refractivity contribution is 8.18. The van der Waals surface area contributed by atoms with Gasteiger partial charge in [-0.3, -0.25) is 14.9 Å². The van der Waals surface area contributed by atoms with Gasteiger partial charge in [0.1, 0.15) is 0 Å². The maximum atomic E-state index is 13.4. The lowest BCUT2D eigenvalue weighted by molar-refractivity contribution is -0.138. The van der Waals surface area contributed by atoms with Gasteiger partial charge in [-0.15, -0.1) is 0 Å². The van der Waals surface area contributed by atoms with Gasteiger partial charge in [-0.1, -0.05) is 12.1 Å². The molecule has 1 aliphatic heterocycles. The number of nitriles is 1. The molecular formula is C21H12F3N3O2S. The predicted molar refractivity (Wildman–Crippen MR) is 106 cm³/mol. The number of carbonyl (C=O) groups excluding carboxylic acids is 2. The maximum absolute atomic E-state index is 13.4. The van der Waals surface area contributed by atoms with Crippen molar-refractivity contribution in [3.05, 3.63) is 75.8 Å². The van der Waals surface area contributed by atoms with Crippen LogP contribution in [-0.2, 0) is 17.5 Å². The molecule has 3 aromatic rings. The standard InChI is InChI=1S/C21H12F3N3O2S/c22-21(23,24)16-8-13(10-25)1-3-15(16)11-27-6-5-14-7-12(2-4-17(14)27)9-18-19(28)26-20(29)30-18/h1-9H,11H2,(H,26,28,29). The average molecular weight is 427 g/mol. The van der Waals surface area contributed by atoms with Crippen molar-refractivity contribution in [1.82, 2.24) is 9.88 Å². The van der Waals surface area contributed by atoms with Crippen molar-refractivity contribution in [1.29, 1.82) is 5.26 Å². The van der Waals surface area contributed by atoms with Crippen LogP contribution in [0, 0.1) is 11.3 Å². The highest BCUT2D eigenvalue weighted by atomic mass is 32.2. The summed E-state index contributed by atoms with van der Waals surface area (Å²) < 4.78 is 42.0. The van der Waals surface area contributed by atoms with E-state index in [0.717, 1.165) is 23.2 Å². The second-order valence-electron chi connectivity index (χ2n) is 6.60. The fourth-order valence-corrected chi connectivity index (χ4v) is 3.93. The molecule has 150 valence electrons. The second-order valence-corrected chi connectivity index (χ2v) is 7.61. The Labute approximate surface area is 172 Å². The van der Waals surface area contributed by atoms with Crippen molar-refractivity contribution < 1.29 is 22.8 Å². The molecule has 0 unspecified atom stereocenters. The van der Waals surface area contributed by atoms with E-state index in [-0.39, 0.29) is 22.6 Å². The number of benzene rings is 2. The van der Waals surface area contributed by atoms with Gasteiger partial charge in [-0.25, -0.2) is 0 Å². The van der Waals surface area contributed by atoms with Gasteiger partial charge in [0.25, 0.3) is 11.1 Å². The fraction of sp³-hybridized carbons (Fsp3) is 0.0952. The number of rotatable bonds is 3. The Morgan fingerprint density at radius 1 is 1.13 bits per heavy atom. The van der Waals surface area contributed by atoms with E-state index < -0.39 is 22.9 Å². The number of hydrogen-bond acceptors (Lipinski definition) is 4. The number of nitrogens with zero attached hydrogens (tertiary/aromatic N) is 2. The summed E-state index contributed by atoms with van der Waals surface area (Å²) in [4.78, 5) is 23.2. The Morgan fingerprint density at radius 3 is 2.60 bits per heavy atom. The maximum Gasteiger partial charge on any atom is 0.416 e. The van der Waals surface area contributed by atoms with Crippen LogP contribution in [0.5, 0.6) is 0 Å². The average Bonchev–Trinajstić information content (AvgIpc) is 3.23. The minimum atomic E-state index is -4.57. The smallest absolute Gasteiger partial charge is 0.343 e. The third-order valence-electron chi connectivity index (χ3n) is 4.62. The molecule has 2 amide bonds. The van der Waals surface area contributed by atoms with Crippen LogP contribution in [0.2, 0.25) is 0 Å². The van der Waals surface area contributed by atoms with Gasteiger partial charge < -0.3 is 4.57 Å². The molecule has 0 saturated carbocycles. The van der Waals surface area contributed by atoms with Gasteiger partial charge >= 0.3 is 6.18 Å². The van der Waals surface area contributed by atoms with Crippen LogP contribution in [0.4, 0.5) is 18.0 Å². The molecule has 0 bridgehead atoms. The SMILES string of the molecule is N#Cc1ccc(Cn2ccc3cc(C=C4SC(=O)NC4=O)ccc32)c(C(F)(F)F)c1. The molecule has 1 aromatic heterocycles. The summed E-state index contributed by atoms with van der Waals surface area (Å²) in [5.74, 6) is -0.455. The van der Waals surface area contributed by atoms with Crippen LogP contribution in [0.25, 0.3) is 17.0 Å². The summed E-state index contributed by atoms with van der Waals surface area (Å²) in [7, 11) is 0. The minimum absolute atomic E-state index is 0.0166. The molecule has 2 aromatic carbocycles. The molecule has 5 nitrogen and oxygen atoms in total. The number of aromatic nitrogens is 1. The van der Waals surface area contributed by atoms with Crippen LogP contribution in [0.1, 0.15) is 22.3 Å². The van der Waals surface area contributed by atoms with Crippen molar-refractivity contribution in [2.24, 2.45) is 0 Å². The zero-order valence-corrected chi connectivity index (χ0v) is 16.0. The van der Waals surface area contributed by atoms with Crippen LogP contribution in [0.3, 0.4) is 0 Å². The molecule has 1 N–H and O–H groups in total. The van der Waals surface area contributed by atoms with E-state index in [1.807, 2.05) is 0 Å². The van der Waals surface area contributed by atoms with Crippen molar-refractivity contribution in [3.8, 4) is 6.07 Å². The molecule has 9 heteroatoms. The summed E-state index contributed by atoms with van der Waals surface area (Å²) in [6.07, 6.45) is -1.30. The number of fused-ring (bicyclic) bond motifs is 1. The van der Waals surface area contributed by atoms with Gasteiger partial charge in [0.15, 0.2) is 0 Å². The molecule has 0 aliphatic carbocycles. The van der Waals surface area contributed by atoms with E-state index in [1.54, 1.807) is 47.2 Å². The summed E-state index contributed by atoms with van der Waals surface area (Å²) in [5, 5.41) is 11.4. The Balaban J connectivity index is 1.68. The molecule has 1 aliphatic rings. The Hall–Kier alpha value is -3.51. The van der Waals surface area contributed by atoms with E-state index in [1.165, 1.54) is 12.1 Å². The molecule has 30 heavy (non-hydrogen) atoms. The third kappa shape index (κ3) is 3.82. The summed E-state index contributed by atoms with van der Waals surface area (Å²) >= 11 is 0.815. The van der Waals surface area contributed by atoms with Crippen LogP contribution in [-0.4, -0.2) is 15.7 Å². The largest absolute Gasteiger partial charge is 0.416 e. The summed E-state index contributed by atoms with van der Waals surface area (Å²) in [6, 6.07) is 12.3. The van der Waals surface area contributed by atoms with E-state index in [4.69, 9.17) is 5.26 Å². The van der Waals surface area contributed by atoms with E-state index in [2.05, 4.69) is 5.32 Å². The number of imide groups is 1. The number of halogens is 3. The number of amides is 2. The highest BCUT2D eigenvalue weighted by Gasteiger charge is 2.33. The molecule has 1 fully saturated rings. The lowest BCUT2D eigenvalue weighted by Gasteiger charge is -2.14. The molecule has 4 rings (SSSR count). The fourth-order valence-electron chi connectivity index (χ4n) is 3.25. The van der Waals surface area contributed by atoms with Crippen LogP contribution >= 0.6 is 11.8 Å². The van der Waals surface area contributed by atoms with E-state index in [9.17, 15) is 22.8 Å². The highest BCUT2D eigenvalue weighted by Crippen LogP contribution is 2.34. The predicted octanol–water partition coefficient (Wildman–Crippen LogP) is 4.90. The number of thioether (sulfide) groups is 1. The van der Waals surface area contributed by atoms with E-state index >= 15 is 0 Å². The van der Waals surface area contributed by atoms with Gasteiger partial charge in [0.05, 0.1) is 22.1 Å². The Morgan fingerprint density at radius 2 is 1.93 bits per heavy atom. The first kappa shape index (κ1) is 19.8.